The number of rotatable bonds is 6. The molecule has 90 valence electrons. The zero-order chi connectivity index (χ0) is 11.3. The summed E-state index contributed by atoms with van der Waals surface area (Å²) in [5, 5.41) is 3.31. The second-order valence-electron chi connectivity index (χ2n) is 4.28. The molecule has 1 saturated heterocycles. The maximum atomic E-state index is 10.9. The molecule has 15 heavy (non-hydrogen) atoms. The number of sulfone groups is 1. The minimum atomic E-state index is -2.81. The van der Waals surface area contributed by atoms with E-state index in [1.807, 2.05) is 0 Å². The molecule has 1 aliphatic heterocycles. The molecule has 5 heteroatoms. The largest absolute Gasteiger partial charge is 0.377 e. The van der Waals surface area contributed by atoms with Crippen molar-refractivity contribution in [2.45, 2.75) is 38.3 Å². The van der Waals surface area contributed by atoms with E-state index in [1.54, 1.807) is 0 Å². The van der Waals surface area contributed by atoms with Crippen LogP contribution in [0, 0.1) is 0 Å². The van der Waals surface area contributed by atoms with Crippen molar-refractivity contribution in [1.29, 1.82) is 0 Å². The molecule has 0 spiro atoms. The van der Waals surface area contributed by atoms with Crippen molar-refractivity contribution in [1.82, 2.24) is 5.32 Å². The molecule has 0 bridgehead atoms. The molecular formula is C10H21NO3S. The highest BCUT2D eigenvalue weighted by molar-refractivity contribution is 7.90. The van der Waals surface area contributed by atoms with Crippen LogP contribution in [0.25, 0.3) is 0 Å². The summed E-state index contributed by atoms with van der Waals surface area (Å²) >= 11 is 0. The highest BCUT2D eigenvalue weighted by Gasteiger charge is 2.21. The number of ether oxygens (including phenoxy) is 1. The number of hydrogen-bond acceptors (Lipinski definition) is 4. The van der Waals surface area contributed by atoms with Gasteiger partial charge in [-0.1, -0.05) is 0 Å². The molecule has 0 aromatic heterocycles. The molecule has 1 rings (SSSR count). The second-order valence-corrected chi connectivity index (χ2v) is 6.54. The average molecular weight is 235 g/mol. The summed E-state index contributed by atoms with van der Waals surface area (Å²) in [5.41, 5.74) is 0. The van der Waals surface area contributed by atoms with Crippen LogP contribution in [0.3, 0.4) is 0 Å². The van der Waals surface area contributed by atoms with Crippen LogP contribution in [0.4, 0.5) is 0 Å². The fourth-order valence-corrected chi connectivity index (χ4v) is 2.46. The Morgan fingerprint density at radius 2 is 2.27 bits per heavy atom. The van der Waals surface area contributed by atoms with E-state index in [0.29, 0.717) is 18.6 Å². The van der Waals surface area contributed by atoms with Gasteiger partial charge in [-0.2, -0.15) is 0 Å². The summed E-state index contributed by atoms with van der Waals surface area (Å²) in [6.45, 7) is 3.70. The van der Waals surface area contributed by atoms with E-state index in [0.717, 1.165) is 26.0 Å². The van der Waals surface area contributed by atoms with E-state index >= 15 is 0 Å². The van der Waals surface area contributed by atoms with Crippen molar-refractivity contribution in [2.75, 3.05) is 25.2 Å². The van der Waals surface area contributed by atoms with Gasteiger partial charge in [0.1, 0.15) is 9.84 Å². The van der Waals surface area contributed by atoms with E-state index in [1.165, 1.54) is 6.26 Å². The first-order valence-corrected chi connectivity index (χ1v) is 7.58. The molecule has 2 unspecified atom stereocenters. The second kappa shape index (κ2) is 5.82. The smallest absolute Gasteiger partial charge is 0.147 e. The van der Waals surface area contributed by atoms with Gasteiger partial charge in [0.05, 0.1) is 11.9 Å². The van der Waals surface area contributed by atoms with Crippen LogP contribution in [-0.2, 0) is 14.6 Å². The third-order valence-electron chi connectivity index (χ3n) is 2.68. The van der Waals surface area contributed by atoms with Crippen molar-refractivity contribution >= 4 is 9.84 Å². The van der Waals surface area contributed by atoms with Crippen molar-refractivity contribution in [2.24, 2.45) is 0 Å². The molecule has 0 radical (unpaired) electrons. The fraction of sp³-hybridized carbons (Fsp3) is 1.00. The average Bonchev–Trinajstić information content (AvgIpc) is 2.63. The Hall–Kier alpha value is -0.130. The van der Waals surface area contributed by atoms with Crippen LogP contribution < -0.4 is 5.32 Å². The molecular weight excluding hydrogens is 214 g/mol. The summed E-state index contributed by atoms with van der Waals surface area (Å²) in [7, 11) is -2.81. The Labute approximate surface area is 92.3 Å². The van der Waals surface area contributed by atoms with Crippen LogP contribution in [0.1, 0.15) is 26.2 Å². The number of hydrogen-bond donors (Lipinski definition) is 1. The van der Waals surface area contributed by atoms with Gasteiger partial charge >= 0.3 is 0 Å². The maximum absolute atomic E-state index is 10.9. The molecule has 1 N–H and O–H groups in total. The van der Waals surface area contributed by atoms with Crippen LogP contribution in [-0.4, -0.2) is 45.7 Å². The van der Waals surface area contributed by atoms with Gasteiger partial charge in [0.2, 0.25) is 0 Å². The molecule has 1 heterocycles. The predicted octanol–water partition coefficient (Wildman–Crippen LogP) is 0.578. The van der Waals surface area contributed by atoms with E-state index in [9.17, 15) is 8.42 Å². The molecule has 2 atom stereocenters. The summed E-state index contributed by atoms with van der Waals surface area (Å²) in [5.74, 6) is 0.262. The van der Waals surface area contributed by atoms with E-state index < -0.39 is 9.84 Å². The third kappa shape index (κ3) is 5.49. The lowest BCUT2D eigenvalue weighted by atomic mass is 10.1. The van der Waals surface area contributed by atoms with Crippen molar-refractivity contribution in [3.8, 4) is 0 Å². The molecule has 4 nitrogen and oxygen atoms in total. The van der Waals surface area contributed by atoms with Crippen LogP contribution in [0.2, 0.25) is 0 Å². The van der Waals surface area contributed by atoms with E-state index in [-0.39, 0.29) is 5.75 Å². The van der Waals surface area contributed by atoms with Crippen LogP contribution in [0.5, 0.6) is 0 Å². The molecule has 1 aliphatic rings. The molecule has 0 saturated carbocycles. The Morgan fingerprint density at radius 1 is 1.53 bits per heavy atom. The molecule has 0 aromatic carbocycles. The Balaban J connectivity index is 2.09. The first-order valence-electron chi connectivity index (χ1n) is 5.52. The van der Waals surface area contributed by atoms with Gasteiger partial charge in [-0.05, 0) is 32.7 Å². The summed E-state index contributed by atoms with van der Waals surface area (Å²) in [6.07, 6.45) is 4.51. The minimum Gasteiger partial charge on any atom is -0.377 e. The molecule has 0 amide bonds. The lowest BCUT2D eigenvalue weighted by Gasteiger charge is -2.19. The zero-order valence-corrected chi connectivity index (χ0v) is 10.3. The lowest BCUT2D eigenvalue weighted by molar-refractivity contribution is 0.0838. The first-order chi connectivity index (χ1) is 6.99. The van der Waals surface area contributed by atoms with Gasteiger partial charge < -0.3 is 10.1 Å². The topological polar surface area (TPSA) is 55.4 Å². The number of nitrogens with one attached hydrogen (secondary N) is 1. The Morgan fingerprint density at radius 3 is 2.80 bits per heavy atom. The monoisotopic (exact) mass is 235 g/mol. The molecule has 0 aliphatic carbocycles. The normalized spacial score (nSPS) is 24.3. The van der Waals surface area contributed by atoms with E-state index in [4.69, 9.17) is 4.74 Å². The van der Waals surface area contributed by atoms with Gasteiger partial charge in [-0.3, -0.25) is 0 Å². The Bertz CT molecular complexity index is 270. The SMILES string of the molecule is CC(NCCCS(C)(=O)=O)C1CCCO1. The van der Waals surface area contributed by atoms with Gasteiger partial charge in [-0.15, -0.1) is 0 Å². The quantitative estimate of drug-likeness (QED) is 0.684. The fourth-order valence-electron chi connectivity index (χ4n) is 1.79. The van der Waals surface area contributed by atoms with Crippen LogP contribution >= 0.6 is 0 Å². The summed E-state index contributed by atoms with van der Waals surface area (Å²) in [4.78, 5) is 0. The van der Waals surface area contributed by atoms with Crippen molar-refractivity contribution in [3.63, 3.8) is 0 Å². The zero-order valence-electron chi connectivity index (χ0n) is 9.53. The van der Waals surface area contributed by atoms with Gasteiger partial charge in [0.25, 0.3) is 0 Å². The van der Waals surface area contributed by atoms with Crippen molar-refractivity contribution in [3.05, 3.63) is 0 Å². The molecule has 0 aromatic rings. The summed E-state index contributed by atoms with van der Waals surface area (Å²) in [6, 6.07) is 0.326. The first kappa shape index (κ1) is 12.9. The Kier molecular flexibility index (Phi) is 5.02. The standard InChI is InChI=1S/C10H21NO3S/c1-9(10-5-3-7-14-10)11-6-4-8-15(2,12)13/h9-11H,3-8H2,1-2H3. The van der Waals surface area contributed by atoms with Gasteiger partial charge in [0.15, 0.2) is 0 Å². The van der Waals surface area contributed by atoms with Crippen molar-refractivity contribution < 1.29 is 13.2 Å². The maximum Gasteiger partial charge on any atom is 0.147 e. The summed E-state index contributed by atoms with van der Waals surface area (Å²) < 4.78 is 27.3. The highest BCUT2D eigenvalue weighted by Crippen LogP contribution is 2.15. The lowest BCUT2D eigenvalue weighted by Crippen LogP contribution is -2.37. The predicted molar refractivity (Wildman–Crippen MR) is 60.8 cm³/mol. The van der Waals surface area contributed by atoms with Crippen LogP contribution in [0.15, 0.2) is 0 Å². The van der Waals surface area contributed by atoms with Gasteiger partial charge in [-0.25, -0.2) is 8.42 Å². The van der Waals surface area contributed by atoms with Gasteiger partial charge in [0, 0.05) is 18.9 Å². The third-order valence-corrected chi connectivity index (χ3v) is 3.71. The highest BCUT2D eigenvalue weighted by atomic mass is 32.2. The minimum absolute atomic E-state index is 0.262. The molecule has 1 fully saturated rings. The van der Waals surface area contributed by atoms with E-state index in [2.05, 4.69) is 12.2 Å².